The molecule has 0 spiro atoms. The lowest BCUT2D eigenvalue weighted by Gasteiger charge is -2.52. The van der Waals surface area contributed by atoms with Crippen LogP contribution in [0.25, 0.3) is 0 Å². The standard InChI is InChI=1S/C26H57NSi.BrH/c1-10-11-12-13-14-15-16-17-18-19-20-27(28)25(8,9)21-26(22(2)3,23(4)5)24(6)7;/h22-24H,10-21H2,1-9,28H3;1H. The summed E-state index contributed by atoms with van der Waals surface area (Å²) in [6, 6.07) is 0. The van der Waals surface area contributed by atoms with Crippen LogP contribution in [0.4, 0.5) is 0 Å². The van der Waals surface area contributed by atoms with E-state index < -0.39 is 0 Å². The zero-order chi connectivity index (χ0) is 21.8. The molecule has 0 heterocycles. The number of unbranched alkanes of at least 4 members (excludes halogenated alkanes) is 9. The van der Waals surface area contributed by atoms with Gasteiger partial charge in [0.1, 0.15) is 0 Å². The molecule has 0 rings (SSSR count). The van der Waals surface area contributed by atoms with E-state index in [2.05, 4.69) is 66.9 Å². The number of hydrogen-bond acceptors (Lipinski definition) is 1. The second-order valence-corrected chi connectivity index (χ2v) is 12.2. The van der Waals surface area contributed by atoms with E-state index in [-0.39, 0.29) is 17.0 Å². The molecular weight excluding hydrogens is 434 g/mol. The summed E-state index contributed by atoms with van der Waals surface area (Å²) in [5.41, 5.74) is 0.758. The van der Waals surface area contributed by atoms with Crippen LogP contribution in [-0.4, -0.2) is 27.1 Å². The fourth-order valence-electron chi connectivity index (χ4n) is 5.64. The van der Waals surface area contributed by atoms with Crippen molar-refractivity contribution in [3.05, 3.63) is 0 Å². The highest BCUT2D eigenvalue weighted by Gasteiger charge is 2.44. The summed E-state index contributed by atoms with van der Waals surface area (Å²) in [6.45, 7) is 23.4. The van der Waals surface area contributed by atoms with E-state index in [4.69, 9.17) is 0 Å². The lowest BCUT2D eigenvalue weighted by molar-refractivity contribution is -0.00597. The minimum Gasteiger partial charge on any atom is -0.327 e. The fourth-order valence-corrected chi connectivity index (χ4v) is 6.11. The van der Waals surface area contributed by atoms with Gasteiger partial charge < -0.3 is 4.57 Å². The monoisotopic (exact) mass is 491 g/mol. The van der Waals surface area contributed by atoms with Crippen LogP contribution in [0.1, 0.15) is 133 Å². The summed E-state index contributed by atoms with van der Waals surface area (Å²) in [4.78, 5) is 0. The Labute approximate surface area is 199 Å². The molecule has 0 amide bonds. The van der Waals surface area contributed by atoms with E-state index in [0.717, 1.165) is 17.8 Å². The minimum atomic E-state index is 0. The van der Waals surface area contributed by atoms with Crippen molar-refractivity contribution in [1.82, 2.24) is 4.57 Å². The lowest BCUT2D eigenvalue weighted by Crippen LogP contribution is -2.51. The maximum absolute atomic E-state index is 2.79. The van der Waals surface area contributed by atoms with Crippen molar-refractivity contribution < 1.29 is 0 Å². The first-order valence-corrected chi connectivity index (χ1v) is 13.6. The zero-order valence-electron chi connectivity index (χ0n) is 22.1. The van der Waals surface area contributed by atoms with Crippen LogP contribution in [0.5, 0.6) is 0 Å². The molecule has 0 N–H and O–H groups in total. The second-order valence-electron chi connectivity index (χ2n) is 11.2. The summed E-state index contributed by atoms with van der Waals surface area (Å²) in [7, 11) is 1.18. The third kappa shape index (κ3) is 11.2. The van der Waals surface area contributed by atoms with Gasteiger partial charge in [-0.25, -0.2) is 0 Å². The molecule has 0 aliphatic carbocycles. The van der Waals surface area contributed by atoms with Gasteiger partial charge in [-0.15, -0.1) is 17.0 Å². The third-order valence-corrected chi connectivity index (χ3v) is 9.50. The van der Waals surface area contributed by atoms with Crippen LogP contribution in [0.15, 0.2) is 0 Å². The van der Waals surface area contributed by atoms with Gasteiger partial charge in [-0.2, -0.15) is 0 Å². The van der Waals surface area contributed by atoms with Crippen LogP contribution in [-0.2, 0) is 0 Å². The molecular formula is C26H58BrNSi. The predicted octanol–water partition coefficient (Wildman–Crippen LogP) is 8.19. The van der Waals surface area contributed by atoms with Crippen molar-refractivity contribution >= 4 is 27.4 Å². The summed E-state index contributed by atoms with van der Waals surface area (Å²) in [6.07, 6.45) is 15.7. The van der Waals surface area contributed by atoms with Crippen LogP contribution in [0, 0.1) is 23.2 Å². The van der Waals surface area contributed by atoms with Crippen LogP contribution in [0.2, 0.25) is 0 Å². The second kappa shape index (κ2) is 16.3. The molecule has 178 valence electrons. The average molecular weight is 493 g/mol. The molecule has 0 unspecified atom stereocenters. The maximum atomic E-state index is 2.79. The molecule has 0 aliphatic heterocycles. The van der Waals surface area contributed by atoms with Crippen molar-refractivity contribution in [2.75, 3.05) is 6.54 Å². The van der Waals surface area contributed by atoms with Crippen molar-refractivity contribution in [1.29, 1.82) is 0 Å². The van der Waals surface area contributed by atoms with Crippen molar-refractivity contribution in [2.24, 2.45) is 23.2 Å². The van der Waals surface area contributed by atoms with Crippen LogP contribution >= 0.6 is 17.0 Å². The fraction of sp³-hybridized carbons (Fsp3) is 1.00. The Morgan fingerprint density at radius 1 is 0.655 bits per heavy atom. The first-order valence-electron chi connectivity index (χ1n) is 12.7. The van der Waals surface area contributed by atoms with Crippen molar-refractivity contribution in [3.8, 4) is 0 Å². The summed E-state index contributed by atoms with van der Waals surface area (Å²) in [5, 5.41) is 0. The minimum absolute atomic E-state index is 0. The molecule has 0 aromatic rings. The SMILES string of the molecule is Br.CCCCCCCCCCCCN([SiH3])C(C)(C)CC(C(C)C)(C(C)C)C(C)C. The molecule has 0 aromatic carbocycles. The third-order valence-electron chi connectivity index (χ3n) is 7.84. The maximum Gasteiger partial charge on any atom is 0.0791 e. The molecule has 1 nitrogen and oxygen atoms in total. The van der Waals surface area contributed by atoms with Crippen LogP contribution < -0.4 is 0 Å². The van der Waals surface area contributed by atoms with Gasteiger partial charge in [-0.05, 0) is 56.4 Å². The van der Waals surface area contributed by atoms with Crippen molar-refractivity contribution in [2.45, 2.75) is 138 Å². The van der Waals surface area contributed by atoms with Crippen LogP contribution in [0.3, 0.4) is 0 Å². The highest BCUT2D eigenvalue weighted by molar-refractivity contribution is 8.93. The molecule has 0 aliphatic rings. The zero-order valence-corrected chi connectivity index (χ0v) is 25.8. The Morgan fingerprint density at radius 2 is 1.00 bits per heavy atom. The van der Waals surface area contributed by atoms with E-state index >= 15 is 0 Å². The molecule has 0 saturated carbocycles. The first-order chi connectivity index (χ1) is 13.0. The average Bonchev–Trinajstić information content (AvgIpc) is 2.60. The Balaban J connectivity index is 0. The van der Waals surface area contributed by atoms with Gasteiger partial charge >= 0.3 is 0 Å². The molecule has 0 bridgehead atoms. The molecule has 0 aromatic heterocycles. The van der Waals surface area contributed by atoms with E-state index in [1.165, 1.54) is 87.6 Å². The number of hydrogen-bond donors (Lipinski definition) is 0. The van der Waals surface area contributed by atoms with Gasteiger partial charge in [0.2, 0.25) is 0 Å². The van der Waals surface area contributed by atoms with Gasteiger partial charge in [-0.1, -0.05) is 106 Å². The molecule has 0 radical (unpaired) electrons. The Hall–Kier alpha value is 0.657. The number of halogens is 1. The van der Waals surface area contributed by atoms with E-state index in [9.17, 15) is 0 Å². The largest absolute Gasteiger partial charge is 0.327 e. The van der Waals surface area contributed by atoms with Gasteiger partial charge in [0, 0.05) is 5.54 Å². The van der Waals surface area contributed by atoms with Gasteiger partial charge in [0.15, 0.2) is 0 Å². The van der Waals surface area contributed by atoms with E-state index in [1.807, 2.05) is 0 Å². The normalized spacial score (nSPS) is 13.1. The van der Waals surface area contributed by atoms with E-state index in [1.54, 1.807) is 0 Å². The summed E-state index contributed by atoms with van der Waals surface area (Å²) >= 11 is 0. The quantitative estimate of drug-likeness (QED) is 0.146. The Bertz CT molecular complexity index is 357. The Kier molecular flexibility index (Phi) is 17.9. The molecule has 0 atom stereocenters. The smallest absolute Gasteiger partial charge is 0.0791 e. The highest BCUT2D eigenvalue weighted by atomic mass is 79.9. The van der Waals surface area contributed by atoms with Crippen molar-refractivity contribution in [3.63, 3.8) is 0 Å². The Morgan fingerprint density at radius 3 is 1.34 bits per heavy atom. The van der Waals surface area contributed by atoms with Gasteiger partial charge in [-0.3, -0.25) is 0 Å². The van der Waals surface area contributed by atoms with Gasteiger partial charge in [0.25, 0.3) is 0 Å². The molecule has 29 heavy (non-hydrogen) atoms. The molecule has 3 heteroatoms. The number of rotatable bonds is 17. The molecule has 0 saturated heterocycles. The molecule has 0 fully saturated rings. The predicted molar refractivity (Wildman–Crippen MR) is 144 cm³/mol. The summed E-state index contributed by atoms with van der Waals surface area (Å²) < 4.78 is 2.79. The topological polar surface area (TPSA) is 3.24 Å². The van der Waals surface area contributed by atoms with E-state index in [0.29, 0.717) is 11.0 Å². The summed E-state index contributed by atoms with van der Waals surface area (Å²) in [5.74, 6) is 2.21. The first kappa shape index (κ1) is 31.8. The van der Waals surface area contributed by atoms with Gasteiger partial charge in [0.05, 0.1) is 10.4 Å². The lowest BCUT2D eigenvalue weighted by atomic mass is 9.57. The highest BCUT2D eigenvalue weighted by Crippen LogP contribution is 2.49. The number of nitrogens with zero attached hydrogens (tertiary/aromatic N) is 1.